The maximum absolute atomic E-state index is 13.0. The van der Waals surface area contributed by atoms with Gasteiger partial charge in [0.2, 0.25) is 0 Å². The van der Waals surface area contributed by atoms with Crippen molar-refractivity contribution in [2.45, 2.75) is 13.8 Å². The average Bonchev–Trinajstić information content (AvgIpc) is 2.21. The van der Waals surface area contributed by atoms with Gasteiger partial charge in [0.15, 0.2) is 0 Å². The molecule has 0 unspecified atom stereocenters. The second-order valence-electron chi connectivity index (χ2n) is 3.74. The summed E-state index contributed by atoms with van der Waals surface area (Å²) in [6.07, 6.45) is 0. The minimum Gasteiger partial charge on any atom is -0.273 e. The quantitative estimate of drug-likeness (QED) is 0.829. The van der Waals surface area contributed by atoms with Gasteiger partial charge in [-0.2, -0.15) is 0 Å². The van der Waals surface area contributed by atoms with Crippen molar-refractivity contribution in [1.82, 2.24) is 5.48 Å². The number of hydrogen-bond acceptors (Lipinski definition) is 2. The molecule has 0 saturated heterocycles. The Balaban J connectivity index is 2.63. The molecular formula is C11H13ClFNO2. The van der Waals surface area contributed by atoms with E-state index in [0.717, 1.165) is 0 Å². The first-order chi connectivity index (χ1) is 7.52. The molecule has 1 rings (SSSR count). The van der Waals surface area contributed by atoms with Crippen LogP contribution < -0.4 is 5.48 Å². The number of hydroxylamine groups is 1. The molecule has 16 heavy (non-hydrogen) atoms. The van der Waals surface area contributed by atoms with E-state index in [1.54, 1.807) is 0 Å². The number of rotatable bonds is 4. The van der Waals surface area contributed by atoms with Crippen LogP contribution in [0.15, 0.2) is 18.2 Å². The smallest absolute Gasteiger partial charge is 0.273 e. The van der Waals surface area contributed by atoms with Gasteiger partial charge in [0, 0.05) is 0 Å². The number of hydrogen-bond donors (Lipinski definition) is 1. The van der Waals surface area contributed by atoms with Crippen LogP contribution in [0.4, 0.5) is 4.39 Å². The molecule has 0 aromatic heterocycles. The molecule has 1 aromatic carbocycles. The van der Waals surface area contributed by atoms with Crippen LogP contribution in [0.2, 0.25) is 5.02 Å². The van der Waals surface area contributed by atoms with Gasteiger partial charge in [0.25, 0.3) is 5.91 Å². The van der Waals surface area contributed by atoms with Gasteiger partial charge < -0.3 is 0 Å². The second-order valence-corrected chi connectivity index (χ2v) is 4.12. The van der Waals surface area contributed by atoms with E-state index in [1.165, 1.54) is 18.2 Å². The molecule has 0 spiro atoms. The van der Waals surface area contributed by atoms with Gasteiger partial charge >= 0.3 is 0 Å². The Kier molecular flexibility index (Phi) is 4.71. The van der Waals surface area contributed by atoms with Crippen molar-refractivity contribution in [2.75, 3.05) is 6.61 Å². The summed E-state index contributed by atoms with van der Waals surface area (Å²) in [4.78, 5) is 16.4. The Bertz CT molecular complexity index is 382. The Morgan fingerprint density at radius 2 is 2.25 bits per heavy atom. The monoisotopic (exact) mass is 245 g/mol. The topological polar surface area (TPSA) is 38.3 Å². The van der Waals surface area contributed by atoms with Crippen molar-refractivity contribution in [3.8, 4) is 0 Å². The molecule has 3 nitrogen and oxygen atoms in total. The van der Waals surface area contributed by atoms with Crippen LogP contribution in [0.5, 0.6) is 0 Å². The normalized spacial score (nSPS) is 10.6. The highest BCUT2D eigenvalue weighted by Gasteiger charge is 2.13. The van der Waals surface area contributed by atoms with E-state index in [-0.39, 0.29) is 10.6 Å². The number of nitrogens with one attached hydrogen (secondary N) is 1. The molecule has 1 aromatic rings. The highest BCUT2D eigenvalue weighted by atomic mass is 35.5. The fourth-order valence-electron chi connectivity index (χ4n) is 1.01. The maximum Gasteiger partial charge on any atom is 0.276 e. The van der Waals surface area contributed by atoms with Gasteiger partial charge in [-0.3, -0.25) is 9.63 Å². The molecule has 0 fully saturated rings. The van der Waals surface area contributed by atoms with Gasteiger partial charge in [-0.1, -0.05) is 31.5 Å². The van der Waals surface area contributed by atoms with Crippen LogP contribution >= 0.6 is 11.6 Å². The van der Waals surface area contributed by atoms with Gasteiger partial charge in [0.1, 0.15) is 5.82 Å². The minimum atomic E-state index is -0.627. The first-order valence-corrected chi connectivity index (χ1v) is 5.26. The molecule has 5 heteroatoms. The molecule has 0 aliphatic rings. The Labute approximate surface area is 98.5 Å². The predicted molar refractivity (Wildman–Crippen MR) is 59.7 cm³/mol. The molecule has 0 bridgehead atoms. The number of carbonyl (C=O) groups is 1. The van der Waals surface area contributed by atoms with Crippen LogP contribution in [-0.4, -0.2) is 12.5 Å². The summed E-state index contributed by atoms with van der Waals surface area (Å²) in [6, 6.07) is 4.03. The van der Waals surface area contributed by atoms with Gasteiger partial charge in [-0.15, -0.1) is 0 Å². The molecule has 0 saturated carbocycles. The Morgan fingerprint density at radius 3 is 2.88 bits per heavy atom. The number of amides is 1. The molecule has 0 heterocycles. The van der Waals surface area contributed by atoms with E-state index >= 15 is 0 Å². The molecule has 88 valence electrons. The maximum atomic E-state index is 13.0. The molecule has 0 radical (unpaired) electrons. The average molecular weight is 246 g/mol. The highest BCUT2D eigenvalue weighted by molar-refractivity contribution is 6.33. The number of carbonyl (C=O) groups excluding carboxylic acids is 1. The summed E-state index contributed by atoms with van der Waals surface area (Å²) in [7, 11) is 0. The minimum absolute atomic E-state index is 0.0606. The van der Waals surface area contributed by atoms with Crippen LogP contribution in [-0.2, 0) is 4.84 Å². The van der Waals surface area contributed by atoms with Crippen LogP contribution in [0, 0.1) is 11.7 Å². The zero-order valence-electron chi connectivity index (χ0n) is 9.09. The van der Waals surface area contributed by atoms with Crippen LogP contribution in [0.3, 0.4) is 0 Å². The third kappa shape index (κ3) is 3.47. The van der Waals surface area contributed by atoms with Crippen molar-refractivity contribution in [2.24, 2.45) is 5.92 Å². The SMILES string of the molecule is CC(C)CONC(=O)c1cccc(F)c1Cl. The standard InChI is InChI=1S/C11H13ClFNO2/c1-7(2)6-16-14-11(15)8-4-3-5-9(13)10(8)12/h3-5,7H,6H2,1-2H3,(H,14,15). The van der Waals surface area contributed by atoms with Gasteiger partial charge in [0.05, 0.1) is 17.2 Å². The first kappa shape index (κ1) is 12.9. The summed E-state index contributed by atoms with van der Waals surface area (Å²) < 4.78 is 13.0. The molecule has 1 amide bonds. The molecular weight excluding hydrogens is 233 g/mol. The Hall–Kier alpha value is -1.13. The lowest BCUT2D eigenvalue weighted by atomic mass is 10.2. The number of halogens is 2. The van der Waals surface area contributed by atoms with Crippen molar-refractivity contribution in [3.63, 3.8) is 0 Å². The van der Waals surface area contributed by atoms with Crippen molar-refractivity contribution in [1.29, 1.82) is 0 Å². The zero-order chi connectivity index (χ0) is 12.1. The van der Waals surface area contributed by atoms with Gasteiger partial charge in [-0.25, -0.2) is 9.87 Å². The lowest BCUT2D eigenvalue weighted by Crippen LogP contribution is -2.26. The summed E-state index contributed by atoms with van der Waals surface area (Å²) in [5, 5.41) is -0.201. The van der Waals surface area contributed by atoms with Crippen LogP contribution in [0.25, 0.3) is 0 Å². The highest BCUT2D eigenvalue weighted by Crippen LogP contribution is 2.19. The number of benzene rings is 1. The third-order valence-corrected chi connectivity index (χ3v) is 2.16. The zero-order valence-corrected chi connectivity index (χ0v) is 9.84. The van der Waals surface area contributed by atoms with E-state index in [1.807, 2.05) is 13.8 Å². The third-order valence-electron chi connectivity index (χ3n) is 1.78. The van der Waals surface area contributed by atoms with E-state index in [4.69, 9.17) is 16.4 Å². The van der Waals surface area contributed by atoms with E-state index in [2.05, 4.69) is 5.48 Å². The summed E-state index contributed by atoms with van der Waals surface area (Å²) in [5.74, 6) is -0.883. The lowest BCUT2D eigenvalue weighted by Gasteiger charge is -2.08. The van der Waals surface area contributed by atoms with Crippen molar-refractivity contribution in [3.05, 3.63) is 34.6 Å². The molecule has 1 N–H and O–H groups in total. The van der Waals surface area contributed by atoms with Crippen LogP contribution in [0.1, 0.15) is 24.2 Å². The lowest BCUT2D eigenvalue weighted by molar-refractivity contribution is 0.0208. The largest absolute Gasteiger partial charge is 0.276 e. The predicted octanol–water partition coefficient (Wildman–Crippen LogP) is 2.80. The molecule has 0 aliphatic carbocycles. The van der Waals surface area contributed by atoms with Gasteiger partial charge in [-0.05, 0) is 18.1 Å². The Morgan fingerprint density at radius 1 is 1.56 bits per heavy atom. The van der Waals surface area contributed by atoms with E-state index in [0.29, 0.717) is 12.5 Å². The molecule has 0 aliphatic heterocycles. The van der Waals surface area contributed by atoms with Crippen molar-refractivity contribution >= 4 is 17.5 Å². The molecule has 0 atom stereocenters. The van der Waals surface area contributed by atoms with E-state index < -0.39 is 11.7 Å². The van der Waals surface area contributed by atoms with Crippen molar-refractivity contribution < 1.29 is 14.0 Å². The summed E-state index contributed by atoms with van der Waals surface area (Å²) in [5.41, 5.74) is 2.27. The summed E-state index contributed by atoms with van der Waals surface area (Å²) >= 11 is 5.64. The fourth-order valence-corrected chi connectivity index (χ4v) is 1.22. The fraction of sp³-hybridized carbons (Fsp3) is 0.364. The first-order valence-electron chi connectivity index (χ1n) is 4.88. The second kappa shape index (κ2) is 5.82. The van der Waals surface area contributed by atoms with E-state index in [9.17, 15) is 9.18 Å². The summed E-state index contributed by atoms with van der Waals surface area (Å²) in [6.45, 7) is 4.28.